The predicted octanol–water partition coefficient (Wildman–Crippen LogP) is 4.88. The summed E-state index contributed by atoms with van der Waals surface area (Å²) in [5, 5.41) is 7.37. The molecule has 1 heterocycles. The maximum absolute atomic E-state index is 13.2. The van der Waals surface area contributed by atoms with E-state index in [2.05, 4.69) is 34.7 Å². The maximum Gasteiger partial charge on any atom is 0.254 e. The second-order valence-corrected chi connectivity index (χ2v) is 7.12. The Balaban J connectivity index is 1.54. The third kappa shape index (κ3) is 4.15. The number of carbonyl (C=O) groups is 1. The Labute approximate surface area is 175 Å². The summed E-state index contributed by atoms with van der Waals surface area (Å²) in [4.78, 5) is 12.9. The topological polar surface area (TPSA) is 46.9 Å². The molecule has 0 saturated heterocycles. The number of carbonyl (C=O) groups excluding carboxylic acids is 1. The van der Waals surface area contributed by atoms with E-state index in [0.717, 1.165) is 11.1 Å². The Morgan fingerprint density at radius 3 is 2.07 bits per heavy atom. The first-order valence-corrected chi connectivity index (χ1v) is 9.82. The first-order valence-electron chi connectivity index (χ1n) is 9.82. The molecule has 150 valence electrons. The number of nitrogens with one attached hydrogen (secondary N) is 1. The highest BCUT2D eigenvalue weighted by Gasteiger charge is 2.19. The highest BCUT2D eigenvalue weighted by molar-refractivity contribution is 5.95. The summed E-state index contributed by atoms with van der Waals surface area (Å²) in [6.45, 7) is 2.30. The van der Waals surface area contributed by atoms with Crippen molar-refractivity contribution in [3.63, 3.8) is 0 Å². The number of amides is 1. The molecule has 0 aliphatic heterocycles. The molecular formula is C25H22FN3O. The third-order valence-corrected chi connectivity index (χ3v) is 5.20. The lowest BCUT2D eigenvalue weighted by atomic mass is 9.91. The van der Waals surface area contributed by atoms with Crippen molar-refractivity contribution in [2.24, 2.45) is 0 Å². The number of hydrogen-bond donors (Lipinski definition) is 1. The number of nitrogens with zero attached hydrogens (tertiary/aromatic N) is 2. The summed E-state index contributed by atoms with van der Waals surface area (Å²) in [6.07, 6.45) is 1.55. The van der Waals surface area contributed by atoms with Gasteiger partial charge in [0.15, 0.2) is 0 Å². The molecule has 0 aliphatic carbocycles. The van der Waals surface area contributed by atoms with Crippen LogP contribution in [0.4, 0.5) is 4.39 Å². The molecule has 3 aromatic carbocycles. The van der Waals surface area contributed by atoms with E-state index >= 15 is 0 Å². The van der Waals surface area contributed by atoms with Crippen molar-refractivity contribution in [2.75, 3.05) is 6.54 Å². The zero-order chi connectivity index (χ0) is 20.9. The third-order valence-electron chi connectivity index (χ3n) is 5.20. The van der Waals surface area contributed by atoms with Gasteiger partial charge in [-0.1, -0.05) is 60.7 Å². The molecule has 0 spiro atoms. The van der Waals surface area contributed by atoms with Crippen LogP contribution in [-0.2, 0) is 0 Å². The van der Waals surface area contributed by atoms with Crippen molar-refractivity contribution in [1.29, 1.82) is 0 Å². The summed E-state index contributed by atoms with van der Waals surface area (Å²) in [5.41, 5.74) is 4.19. The van der Waals surface area contributed by atoms with Crippen molar-refractivity contribution in [1.82, 2.24) is 15.1 Å². The van der Waals surface area contributed by atoms with Gasteiger partial charge in [0, 0.05) is 12.5 Å². The van der Waals surface area contributed by atoms with Gasteiger partial charge in [0.25, 0.3) is 5.91 Å². The van der Waals surface area contributed by atoms with Crippen LogP contribution in [0.5, 0.6) is 0 Å². The number of halogens is 1. The molecule has 1 amide bonds. The fraction of sp³-hybridized carbons (Fsp3) is 0.120. The standard InChI is InChI=1S/C25H22FN3O/c1-18-23(17-28-29(18)22-14-12-21(26)13-15-22)25(30)27-16-24(19-8-4-2-5-9-19)20-10-6-3-7-11-20/h2-15,17,24H,16H2,1H3,(H,27,30). The van der Waals surface area contributed by atoms with Gasteiger partial charge in [0.1, 0.15) is 5.82 Å². The maximum atomic E-state index is 13.2. The monoisotopic (exact) mass is 399 g/mol. The Hall–Kier alpha value is -3.73. The minimum absolute atomic E-state index is 0.0452. The number of benzene rings is 3. The first-order chi connectivity index (χ1) is 14.6. The Bertz CT molecular complexity index is 1080. The Morgan fingerprint density at radius 1 is 0.933 bits per heavy atom. The molecule has 1 N–H and O–H groups in total. The molecule has 5 heteroatoms. The van der Waals surface area contributed by atoms with E-state index in [0.29, 0.717) is 23.5 Å². The molecule has 4 nitrogen and oxygen atoms in total. The smallest absolute Gasteiger partial charge is 0.254 e. The SMILES string of the molecule is Cc1c(C(=O)NCC(c2ccccc2)c2ccccc2)cnn1-c1ccc(F)cc1. The van der Waals surface area contributed by atoms with Crippen molar-refractivity contribution in [3.8, 4) is 5.69 Å². The van der Waals surface area contributed by atoms with E-state index in [1.165, 1.54) is 12.1 Å². The van der Waals surface area contributed by atoms with Gasteiger partial charge in [-0.3, -0.25) is 4.79 Å². The molecule has 0 unspecified atom stereocenters. The molecule has 4 aromatic rings. The van der Waals surface area contributed by atoms with E-state index in [1.54, 1.807) is 23.0 Å². The summed E-state index contributed by atoms with van der Waals surface area (Å²) in [7, 11) is 0. The highest BCUT2D eigenvalue weighted by Crippen LogP contribution is 2.24. The molecule has 0 fully saturated rings. The molecule has 1 aromatic heterocycles. The van der Waals surface area contributed by atoms with E-state index in [4.69, 9.17) is 0 Å². The Kier molecular flexibility index (Phi) is 5.70. The van der Waals surface area contributed by atoms with Crippen LogP contribution in [0.15, 0.2) is 91.1 Å². The fourth-order valence-corrected chi connectivity index (χ4v) is 3.56. The normalized spacial score (nSPS) is 10.9. The van der Waals surface area contributed by atoms with Crippen LogP contribution in [0.25, 0.3) is 5.69 Å². The molecule has 0 radical (unpaired) electrons. The first kappa shape index (κ1) is 19.6. The van der Waals surface area contributed by atoms with Gasteiger partial charge in [-0.15, -0.1) is 0 Å². The second-order valence-electron chi connectivity index (χ2n) is 7.12. The summed E-state index contributed by atoms with van der Waals surface area (Å²) in [6, 6.07) is 26.3. The molecule has 4 rings (SSSR count). The summed E-state index contributed by atoms with van der Waals surface area (Å²) >= 11 is 0. The molecule has 0 saturated carbocycles. The van der Waals surface area contributed by atoms with E-state index in [-0.39, 0.29) is 17.6 Å². The van der Waals surface area contributed by atoms with Gasteiger partial charge in [-0.2, -0.15) is 5.10 Å². The van der Waals surface area contributed by atoms with Crippen LogP contribution in [-0.4, -0.2) is 22.2 Å². The Morgan fingerprint density at radius 2 is 1.50 bits per heavy atom. The van der Waals surface area contributed by atoms with E-state index in [9.17, 15) is 9.18 Å². The quantitative estimate of drug-likeness (QED) is 0.502. The average molecular weight is 399 g/mol. The van der Waals surface area contributed by atoms with Crippen LogP contribution in [0.3, 0.4) is 0 Å². The predicted molar refractivity (Wildman–Crippen MR) is 115 cm³/mol. The lowest BCUT2D eigenvalue weighted by molar-refractivity contribution is 0.0952. The number of hydrogen-bond acceptors (Lipinski definition) is 2. The zero-order valence-electron chi connectivity index (χ0n) is 16.6. The van der Waals surface area contributed by atoms with Gasteiger partial charge in [-0.05, 0) is 42.3 Å². The van der Waals surface area contributed by atoms with Crippen LogP contribution in [0.1, 0.15) is 33.1 Å². The molecular weight excluding hydrogens is 377 g/mol. The zero-order valence-corrected chi connectivity index (χ0v) is 16.6. The highest BCUT2D eigenvalue weighted by atomic mass is 19.1. The molecule has 0 aliphatic rings. The number of rotatable bonds is 6. The van der Waals surface area contributed by atoms with Crippen molar-refractivity contribution >= 4 is 5.91 Å². The minimum Gasteiger partial charge on any atom is -0.351 e. The van der Waals surface area contributed by atoms with Crippen LogP contribution >= 0.6 is 0 Å². The van der Waals surface area contributed by atoms with Gasteiger partial charge in [0.05, 0.1) is 23.1 Å². The van der Waals surface area contributed by atoms with Gasteiger partial charge in [-0.25, -0.2) is 9.07 Å². The van der Waals surface area contributed by atoms with Crippen molar-refractivity contribution in [3.05, 3.63) is 119 Å². The van der Waals surface area contributed by atoms with Crippen molar-refractivity contribution < 1.29 is 9.18 Å². The molecule has 30 heavy (non-hydrogen) atoms. The second kappa shape index (κ2) is 8.74. The van der Waals surface area contributed by atoms with Crippen LogP contribution in [0, 0.1) is 12.7 Å². The van der Waals surface area contributed by atoms with Gasteiger partial charge < -0.3 is 5.32 Å². The summed E-state index contributed by atoms with van der Waals surface area (Å²) in [5.74, 6) is -0.448. The van der Waals surface area contributed by atoms with E-state index < -0.39 is 0 Å². The molecule has 0 atom stereocenters. The lowest BCUT2D eigenvalue weighted by Gasteiger charge is -2.19. The van der Waals surface area contributed by atoms with Crippen molar-refractivity contribution in [2.45, 2.75) is 12.8 Å². The van der Waals surface area contributed by atoms with Gasteiger partial charge in [0.2, 0.25) is 0 Å². The summed E-state index contributed by atoms with van der Waals surface area (Å²) < 4.78 is 14.8. The fourth-order valence-electron chi connectivity index (χ4n) is 3.56. The largest absolute Gasteiger partial charge is 0.351 e. The average Bonchev–Trinajstić information content (AvgIpc) is 3.17. The lowest BCUT2D eigenvalue weighted by Crippen LogP contribution is -2.29. The van der Waals surface area contributed by atoms with Crippen LogP contribution < -0.4 is 5.32 Å². The van der Waals surface area contributed by atoms with Gasteiger partial charge >= 0.3 is 0 Å². The minimum atomic E-state index is -0.311. The molecule has 0 bridgehead atoms. The van der Waals surface area contributed by atoms with E-state index in [1.807, 2.05) is 43.3 Å². The number of aromatic nitrogens is 2. The van der Waals surface area contributed by atoms with Crippen LogP contribution in [0.2, 0.25) is 0 Å².